The number of nitrogens with one attached hydrogen (secondary N) is 2. The van der Waals surface area contributed by atoms with E-state index < -0.39 is 23.5 Å². The number of benzene rings is 1. The Morgan fingerprint density at radius 2 is 1.86 bits per heavy atom. The molecule has 1 saturated heterocycles. The minimum absolute atomic E-state index is 0.0119. The average Bonchev–Trinajstić information content (AvgIpc) is 3.79. The topological polar surface area (TPSA) is 130 Å². The zero-order valence-corrected chi connectivity index (χ0v) is 26.6. The number of carbonyl (C=O) groups excluding carboxylic acids is 3. The van der Waals surface area contributed by atoms with Gasteiger partial charge in [-0.2, -0.15) is 0 Å². The molecule has 4 unspecified atom stereocenters. The lowest BCUT2D eigenvalue weighted by Crippen LogP contribution is -2.59. The summed E-state index contributed by atoms with van der Waals surface area (Å²) in [6.45, 7) is 14.3. The molecule has 1 aromatic carbocycles. The van der Waals surface area contributed by atoms with Crippen molar-refractivity contribution in [1.82, 2.24) is 10.6 Å². The Hall–Kier alpha value is -2.73. The Balaban J connectivity index is 1.55. The molecular weight excluding hydrogens is 552 g/mol. The lowest BCUT2D eigenvalue weighted by Gasteiger charge is -2.40. The highest BCUT2D eigenvalue weighted by Gasteiger charge is 2.46. The number of aliphatic hydroxyl groups is 1. The first kappa shape index (κ1) is 33.2. The summed E-state index contributed by atoms with van der Waals surface area (Å²) in [6.07, 6.45) is 1.29. The SMILES string of the molecule is CCOCCN1C(=O)C(C)(C)Oc2ccc(N(C(=O)C3CNCC(C(=O)NC(COCC)CC(C)C)C3O)C3CC3)cc21. The van der Waals surface area contributed by atoms with Gasteiger partial charge in [-0.25, -0.2) is 0 Å². The van der Waals surface area contributed by atoms with Gasteiger partial charge in [0, 0.05) is 44.6 Å². The predicted molar refractivity (Wildman–Crippen MR) is 164 cm³/mol. The maximum absolute atomic E-state index is 14.1. The maximum Gasteiger partial charge on any atom is 0.270 e. The van der Waals surface area contributed by atoms with E-state index in [2.05, 4.69) is 24.5 Å². The molecule has 0 bridgehead atoms. The van der Waals surface area contributed by atoms with Crippen LogP contribution in [0.4, 0.5) is 11.4 Å². The minimum Gasteiger partial charge on any atom is -0.476 e. The van der Waals surface area contributed by atoms with Gasteiger partial charge in [0.25, 0.3) is 5.91 Å². The first-order chi connectivity index (χ1) is 20.5. The van der Waals surface area contributed by atoms with E-state index in [0.29, 0.717) is 56.0 Å². The van der Waals surface area contributed by atoms with Crippen molar-refractivity contribution >= 4 is 29.1 Å². The summed E-state index contributed by atoms with van der Waals surface area (Å²) in [5.74, 6) is -1.35. The number of amides is 3. The van der Waals surface area contributed by atoms with Crippen LogP contribution in [-0.4, -0.2) is 92.7 Å². The van der Waals surface area contributed by atoms with Crippen LogP contribution in [0.15, 0.2) is 18.2 Å². The van der Waals surface area contributed by atoms with Gasteiger partial charge in [0.1, 0.15) is 5.75 Å². The van der Waals surface area contributed by atoms with Crippen LogP contribution < -0.4 is 25.2 Å². The van der Waals surface area contributed by atoms with Crippen LogP contribution in [-0.2, 0) is 23.9 Å². The summed E-state index contributed by atoms with van der Waals surface area (Å²) in [6, 6.07) is 5.27. The quantitative estimate of drug-likeness (QED) is 0.277. The van der Waals surface area contributed by atoms with Crippen molar-refractivity contribution in [3.8, 4) is 5.75 Å². The van der Waals surface area contributed by atoms with Gasteiger partial charge in [-0.15, -0.1) is 0 Å². The van der Waals surface area contributed by atoms with E-state index in [0.717, 1.165) is 19.3 Å². The zero-order valence-electron chi connectivity index (χ0n) is 26.6. The number of ether oxygens (including phenoxy) is 3. The summed E-state index contributed by atoms with van der Waals surface area (Å²) in [5.41, 5.74) is 0.193. The number of hydrogen-bond donors (Lipinski definition) is 3. The fourth-order valence-electron chi connectivity index (χ4n) is 5.96. The average molecular weight is 603 g/mol. The molecule has 1 aromatic rings. The van der Waals surface area contributed by atoms with E-state index in [1.165, 1.54) is 0 Å². The molecule has 3 amide bonds. The minimum atomic E-state index is -1.15. The van der Waals surface area contributed by atoms with Crippen LogP contribution >= 0.6 is 0 Å². The molecule has 3 aliphatic rings. The fraction of sp³-hybridized carbons (Fsp3) is 0.719. The molecule has 1 aliphatic carbocycles. The van der Waals surface area contributed by atoms with Crippen LogP contribution in [0.3, 0.4) is 0 Å². The second-order valence-electron chi connectivity index (χ2n) is 12.7. The van der Waals surface area contributed by atoms with Gasteiger partial charge in [0.15, 0.2) is 5.60 Å². The van der Waals surface area contributed by atoms with Crippen LogP contribution in [0.25, 0.3) is 0 Å². The molecule has 3 N–H and O–H groups in total. The molecule has 0 aromatic heterocycles. The molecule has 240 valence electrons. The second-order valence-corrected chi connectivity index (χ2v) is 12.7. The van der Waals surface area contributed by atoms with Crippen LogP contribution in [0.5, 0.6) is 5.75 Å². The molecule has 2 heterocycles. The predicted octanol–water partition coefficient (Wildman–Crippen LogP) is 2.49. The van der Waals surface area contributed by atoms with Crippen molar-refractivity contribution in [2.24, 2.45) is 17.8 Å². The summed E-state index contributed by atoms with van der Waals surface area (Å²) in [7, 11) is 0. The van der Waals surface area contributed by atoms with E-state index in [-0.39, 0.29) is 42.9 Å². The van der Waals surface area contributed by atoms with Gasteiger partial charge in [0.2, 0.25) is 11.8 Å². The lowest BCUT2D eigenvalue weighted by atomic mass is 9.85. The van der Waals surface area contributed by atoms with Gasteiger partial charge < -0.3 is 39.8 Å². The molecule has 2 aliphatic heterocycles. The molecule has 0 radical (unpaired) electrons. The lowest BCUT2D eigenvalue weighted by molar-refractivity contribution is -0.137. The zero-order chi connectivity index (χ0) is 31.3. The first-order valence-corrected chi connectivity index (χ1v) is 15.8. The van der Waals surface area contributed by atoms with E-state index in [1.807, 2.05) is 26.0 Å². The first-order valence-electron chi connectivity index (χ1n) is 15.8. The van der Waals surface area contributed by atoms with Crippen LogP contribution in [0.1, 0.15) is 60.8 Å². The molecule has 11 nitrogen and oxygen atoms in total. The highest BCUT2D eigenvalue weighted by molar-refractivity contribution is 6.04. The number of fused-ring (bicyclic) bond motifs is 1. The number of piperidine rings is 1. The normalized spacial score (nSPS) is 23.9. The summed E-state index contributed by atoms with van der Waals surface area (Å²) in [5, 5.41) is 17.7. The standard InChI is InChI=1S/C32H50N4O7/c1-7-41-14-13-35-26-16-23(11-12-27(26)43-32(5,6)31(35)40)36(22-9-10-22)30(39)25-18-33-17-24(28(25)37)29(38)34-21(15-20(3)4)19-42-8-2/h11-12,16,20-22,24-25,28,33,37H,7-10,13-15,17-19H2,1-6H3,(H,34,38). The molecule has 43 heavy (non-hydrogen) atoms. The fourth-order valence-corrected chi connectivity index (χ4v) is 5.96. The maximum atomic E-state index is 14.1. The number of hydrogen-bond acceptors (Lipinski definition) is 8. The third kappa shape index (κ3) is 7.87. The van der Waals surface area contributed by atoms with Gasteiger partial charge in [0.05, 0.1) is 42.9 Å². The Morgan fingerprint density at radius 1 is 1.16 bits per heavy atom. The van der Waals surface area contributed by atoms with E-state index in [1.54, 1.807) is 29.7 Å². The van der Waals surface area contributed by atoms with Crippen LogP contribution in [0.2, 0.25) is 0 Å². The van der Waals surface area contributed by atoms with E-state index in [9.17, 15) is 19.5 Å². The van der Waals surface area contributed by atoms with E-state index in [4.69, 9.17) is 14.2 Å². The largest absolute Gasteiger partial charge is 0.476 e. The van der Waals surface area contributed by atoms with Gasteiger partial charge in [-0.3, -0.25) is 14.4 Å². The molecular formula is C32H50N4O7. The van der Waals surface area contributed by atoms with Gasteiger partial charge in [-0.1, -0.05) is 13.8 Å². The number of carbonyl (C=O) groups is 3. The smallest absolute Gasteiger partial charge is 0.270 e. The summed E-state index contributed by atoms with van der Waals surface area (Å²) < 4.78 is 17.2. The number of anilines is 2. The monoisotopic (exact) mass is 602 g/mol. The molecule has 11 heteroatoms. The molecule has 4 atom stereocenters. The Bertz CT molecular complexity index is 1140. The van der Waals surface area contributed by atoms with Crippen LogP contribution in [0, 0.1) is 17.8 Å². The van der Waals surface area contributed by atoms with Crippen molar-refractivity contribution < 1.29 is 33.7 Å². The van der Waals surface area contributed by atoms with Crippen molar-refractivity contribution in [3.63, 3.8) is 0 Å². The highest BCUT2D eigenvalue weighted by Crippen LogP contribution is 2.43. The molecule has 4 rings (SSSR count). The second kappa shape index (κ2) is 14.4. The van der Waals surface area contributed by atoms with Crippen molar-refractivity contribution in [3.05, 3.63) is 18.2 Å². The third-order valence-electron chi connectivity index (χ3n) is 8.28. The van der Waals surface area contributed by atoms with Gasteiger partial charge in [-0.05, 0) is 71.1 Å². The summed E-state index contributed by atoms with van der Waals surface area (Å²) >= 11 is 0. The van der Waals surface area contributed by atoms with Crippen molar-refractivity contribution in [2.45, 2.75) is 84.6 Å². The number of aliphatic hydroxyl groups excluding tert-OH is 1. The molecule has 0 spiro atoms. The van der Waals surface area contributed by atoms with Crippen molar-refractivity contribution in [2.75, 3.05) is 55.9 Å². The Morgan fingerprint density at radius 3 is 2.51 bits per heavy atom. The number of nitrogens with zero attached hydrogens (tertiary/aromatic N) is 2. The van der Waals surface area contributed by atoms with Gasteiger partial charge >= 0.3 is 0 Å². The number of rotatable bonds is 14. The highest BCUT2D eigenvalue weighted by atomic mass is 16.5. The summed E-state index contributed by atoms with van der Waals surface area (Å²) in [4.78, 5) is 44.2. The Labute approximate surface area is 255 Å². The molecule has 1 saturated carbocycles. The van der Waals surface area contributed by atoms with Crippen molar-refractivity contribution in [1.29, 1.82) is 0 Å². The third-order valence-corrected chi connectivity index (χ3v) is 8.28. The molecule has 2 fully saturated rings. The Kier molecular flexibility index (Phi) is 11.1. The van der Waals surface area contributed by atoms with E-state index >= 15 is 0 Å².